The first-order valence-electron chi connectivity index (χ1n) is 10.9. The number of fused-ring (bicyclic) bond motifs is 1. The van der Waals surface area contributed by atoms with Gasteiger partial charge in [0.15, 0.2) is 5.82 Å². The van der Waals surface area contributed by atoms with E-state index < -0.39 is 17.6 Å². The third kappa shape index (κ3) is 4.04. The highest BCUT2D eigenvalue weighted by Gasteiger charge is 2.37. The zero-order valence-corrected chi connectivity index (χ0v) is 17.8. The van der Waals surface area contributed by atoms with Crippen molar-refractivity contribution in [2.24, 2.45) is 0 Å². The SMILES string of the molecule is Bc1cc(C(F)(F)F)c2nc(C(=O)N3CCN(C4CCCC4)C(=O)C3)n(CCC)c2c1. The highest BCUT2D eigenvalue weighted by Crippen LogP contribution is 2.34. The molecule has 10 heteroatoms. The van der Waals surface area contributed by atoms with Gasteiger partial charge in [-0.05, 0) is 25.3 Å². The molecule has 1 aromatic heterocycles. The lowest BCUT2D eigenvalue weighted by Gasteiger charge is -2.37. The Balaban J connectivity index is 1.68. The molecular formula is C21H26BF3N4O2. The maximum Gasteiger partial charge on any atom is 0.418 e. The summed E-state index contributed by atoms with van der Waals surface area (Å²) >= 11 is 0. The highest BCUT2D eigenvalue weighted by atomic mass is 19.4. The average Bonchev–Trinajstić information content (AvgIpc) is 3.35. The number of hydrogen-bond donors (Lipinski definition) is 0. The summed E-state index contributed by atoms with van der Waals surface area (Å²) in [5.41, 5.74) is -0.302. The van der Waals surface area contributed by atoms with Gasteiger partial charge in [-0.25, -0.2) is 4.98 Å². The zero-order valence-electron chi connectivity index (χ0n) is 17.8. The molecule has 4 rings (SSSR count). The summed E-state index contributed by atoms with van der Waals surface area (Å²) in [7, 11) is 1.60. The normalized spacial score (nSPS) is 18.4. The van der Waals surface area contributed by atoms with Crippen LogP contribution in [0.5, 0.6) is 0 Å². The molecule has 2 aliphatic rings. The van der Waals surface area contributed by atoms with E-state index in [-0.39, 0.29) is 29.8 Å². The minimum absolute atomic E-state index is 0.0323. The van der Waals surface area contributed by atoms with E-state index in [1.54, 1.807) is 18.5 Å². The number of aromatic nitrogens is 2. The van der Waals surface area contributed by atoms with Gasteiger partial charge in [-0.3, -0.25) is 9.59 Å². The number of hydrogen-bond acceptors (Lipinski definition) is 3. The van der Waals surface area contributed by atoms with E-state index in [1.165, 1.54) is 4.90 Å². The number of carbonyl (C=O) groups is 2. The van der Waals surface area contributed by atoms with Gasteiger partial charge in [-0.1, -0.05) is 31.3 Å². The number of nitrogens with zero attached hydrogens (tertiary/aromatic N) is 4. The van der Waals surface area contributed by atoms with Crippen LogP contribution in [0, 0.1) is 0 Å². The van der Waals surface area contributed by atoms with Crippen LogP contribution in [-0.4, -0.2) is 64.7 Å². The number of amides is 2. The van der Waals surface area contributed by atoms with Crippen LogP contribution in [-0.2, 0) is 17.5 Å². The Morgan fingerprint density at radius 1 is 1.23 bits per heavy atom. The van der Waals surface area contributed by atoms with Crippen molar-refractivity contribution in [1.82, 2.24) is 19.4 Å². The molecule has 2 fully saturated rings. The van der Waals surface area contributed by atoms with Gasteiger partial charge in [0.2, 0.25) is 5.91 Å². The Labute approximate surface area is 179 Å². The molecule has 0 spiro atoms. The predicted molar refractivity (Wildman–Crippen MR) is 113 cm³/mol. The van der Waals surface area contributed by atoms with Crippen molar-refractivity contribution in [3.8, 4) is 0 Å². The molecule has 2 aromatic rings. The van der Waals surface area contributed by atoms with Crippen LogP contribution in [0.3, 0.4) is 0 Å². The standard InChI is InChI=1S/C21H26BF3N4O2/c1-2-7-29-16-11-13(22)10-15(21(23,24)25)18(16)26-19(29)20(31)27-8-9-28(17(30)12-27)14-5-3-4-6-14/h10-11,14H,2-9,12,22H2,1H3. The summed E-state index contributed by atoms with van der Waals surface area (Å²) in [5.74, 6) is -0.624. The van der Waals surface area contributed by atoms with Crippen LogP contribution in [0.15, 0.2) is 12.1 Å². The number of piperazine rings is 1. The van der Waals surface area contributed by atoms with Crippen molar-refractivity contribution < 1.29 is 22.8 Å². The number of aryl methyl sites for hydroxylation is 1. The summed E-state index contributed by atoms with van der Waals surface area (Å²) in [6, 6.07) is 2.93. The minimum atomic E-state index is -4.57. The first-order chi connectivity index (χ1) is 14.7. The van der Waals surface area contributed by atoms with Crippen LogP contribution in [0.4, 0.5) is 13.2 Å². The van der Waals surface area contributed by atoms with Crippen molar-refractivity contribution in [2.75, 3.05) is 19.6 Å². The van der Waals surface area contributed by atoms with Gasteiger partial charge >= 0.3 is 6.18 Å². The van der Waals surface area contributed by atoms with Crippen molar-refractivity contribution >= 4 is 36.2 Å². The van der Waals surface area contributed by atoms with Crippen molar-refractivity contribution in [3.63, 3.8) is 0 Å². The van der Waals surface area contributed by atoms with E-state index >= 15 is 0 Å². The molecule has 0 N–H and O–H groups in total. The fraction of sp³-hybridized carbons (Fsp3) is 0.571. The lowest BCUT2D eigenvalue weighted by Crippen LogP contribution is -2.55. The fourth-order valence-corrected chi connectivity index (χ4v) is 4.80. The monoisotopic (exact) mass is 434 g/mol. The fourth-order valence-electron chi connectivity index (χ4n) is 4.80. The zero-order chi connectivity index (χ0) is 22.3. The number of rotatable bonds is 4. The van der Waals surface area contributed by atoms with Gasteiger partial charge in [0, 0.05) is 25.7 Å². The molecule has 6 nitrogen and oxygen atoms in total. The van der Waals surface area contributed by atoms with Crippen LogP contribution in [0.2, 0.25) is 0 Å². The predicted octanol–water partition coefficient (Wildman–Crippen LogP) is 1.95. The van der Waals surface area contributed by atoms with Gasteiger partial charge in [-0.2, -0.15) is 13.2 Å². The molecule has 166 valence electrons. The maximum absolute atomic E-state index is 13.6. The number of alkyl halides is 3. The van der Waals surface area contributed by atoms with Gasteiger partial charge in [0.05, 0.1) is 11.1 Å². The molecule has 0 unspecified atom stereocenters. The first kappa shape index (κ1) is 21.7. The van der Waals surface area contributed by atoms with E-state index in [2.05, 4.69) is 4.98 Å². The third-order valence-corrected chi connectivity index (χ3v) is 6.25. The van der Waals surface area contributed by atoms with E-state index in [0.29, 0.717) is 37.0 Å². The lowest BCUT2D eigenvalue weighted by atomic mass is 9.93. The molecule has 31 heavy (non-hydrogen) atoms. The molecule has 0 bridgehead atoms. The Morgan fingerprint density at radius 2 is 1.94 bits per heavy atom. The summed E-state index contributed by atoms with van der Waals surface area (Å²) in [6.07, 6.45) is 0.267. The first-order valence-corrected chi connectivity index (χ1v) is 10.9. The second-order valence-electron chi connectivity index (χ2n) is 8.52. The Kier molecular flexibility index (Phi) is 5.74. The molecule has 2 amide bonds. The molecule has 1 saturated carbocycles. The summed E-state index contributed by atoms with van der Waals surface area (Å²) < 4.78 is 42.4. The van der Waals surface area contributed by atoms with Crippen LogP contribution in [0.1, 0.15) is 55.2 Å². The van der Waals surface area contributed by atoms with Crippen LogP contribution in [0.25, 0.3) is 11.0 Å². The largest absolute Gasteiger partial charge is 0.418 e. The summed E-state index contributed by atoms with van der Waals surface area (Å²) in [5, 5.41) is 0. The molecule has 1 aliphatic carbocycles. The van der Waals surface area contributed by atoms with E-state index in [4.69, 9.17) is 0 Å². The summed E-state index contributed by atoms with van der Waals surface area (Å²) in [6.45, 7) is 3.02. The molecule has 1 aromatic carbocycles. The maximum atomic E-state index is 13.6. The molecule has 1 saturated heterocycles. The topological polar surface area (TPSA) is 58.4 Å². The third-order valence-electron chi connectivity index (χ3n) is 6.25. The van der Waals surface area contributed by atoms with E-state index in [9.17, 15) is 22.8 Å². The summed E-state index contributed by atoms with van der Waals surface area (Å²) in [4.78, 5) is 33.4. The Bertz CT molecular complexity index is 1010. The Hall–Kier alpha value is -2.52. The number of imidazole rings is 1. The van der Waals surface area contributed by atoms with Crippen LogP contribution >= 0.6 is 0 Å². The van der Waals surface area contributed by atoms with Crippen molar-refractivity contribution in [3.05, 3.63) is 23.5 Å². The van der Waals surface area contributed by atoms with E-state index in [1.807, 2.05) is 11.8 Å². The van der Waals surface area contributed by atoms with Crippen molar-refractivity contribution in [1.29, 1.82) is 0 Å². The lowest BCUT2D eigenvalue weighted by molar-refractivity contribution is -0.137. The average molecular weight is 434 g/mol. The molecule has 1 aliphatic heterocycles. The molecule has 2 heterocycles. The van der Waals surface area contributed by atoms with Gasteiger partial charge < -0.3 is 14.4 Å². The number of halogens is 3. The van der Waals surface area contributed by atoms with Crippen molar-refractivity contribution in [2.45, 2.75) is 57.8 Å². The molecule has 0 radical (unpaired) electrons. The molecular weight excluding hydrogens is 408 g/mol. The van der Waals surface area contributed by atoms with E-state index in [0.717, 1.165) is 31.7 Å². The molecule has 0 atom stereocenters. The highest BCUT2D eigenvalue weighted by molar-refractivity contribution is 6.33. The number of benzene rings is 1. The second-order valence-corrected chi connectivity index (χ2v) is 8.52. The van der Waals surface area contributed by atoms with Gasteiger partial charge in [-0.15, -0.1) is 0 Å². The van der Waals surface area contributed by atoms with Gasteiger partial charge in [0.25, 0.3) is 5.91 Å². The number of carbonyl (C=O) groups excluding carboxylic acids is 2. The van der Waals surface area contributed by atoms with Gasteiger partial charge in [0.1, 0.15) is 19.9 Å². The quantitative estimate of drug-likeness (QED) is 0.692. The smallest absolute Gasteiger partial charge is 0.336 e. The second kappa shape index (κ2) is 8.20. The van der Waals surface area contributed by atoms with Crippen LogP contribution < -0.4 is 5.46 Å². The Morgan fingerprint density at radius 3 is 2.55 bits per heavy atom. The minimum Gasteiger partial charge on any atom is -0.336 e.